The predicted octanol–water partition coefficient (Wildman–Crippen LogP) is 6.21. The molecule has 0 radical (unpaired) electrons. The van der Waals surface area contributed by atoms with E-state index in [0.717, 1.165) is 0 Å². The van der Waals surface area contributed by atoms with Gasteiger partial charge in [0.2, 0.25) is 22.8 Å². The molecule has 41 heavy (non-hydrogen) atoms. The van der Waals surface area contributed by atoms with Crippen LogP contribution < -0.4 is 14.2 Å². The Balaban J connectivity index is 1.81. The summed E-state index contributed by atoms with van der Waals surface area (Å²) in [6.07, 6.45) is -0.314. The lowest BCUT2D eigenvalue weighted by atomic mass is 9.64. The van der Waals surface area contributed by atoms with Gasteiger partial charge in [0.05, 0.1) is 23.3 Å². The van der Waals surface area contributed by atoms with Crippen LogP contribution in [0, 0.1) is 0 Å². The molecule has 7 nitrogen and oxygen atoms in total. The highest BCUT2D eigenvalue weighted by atomic mass is 16.5. The van der Waals surface area contributed by atoms with E-state index in [1.54, 1.807) is 78.9 Å². The van der Waals surface area contributed by atoms with Crippen molar-refractivity contribution in [3.8, 4) is 23.0 Å². The van der Waals surface area contributed by atoms with E-state index >= 15 is 0 Å². The fraction of sp³-hybridized carbons (Fsp3) is 0.235. The lowest BCUT2D eigenvalue weighted by molar-refractivity contribution is -0.102. The minimum Gasteiger partial charge on any atom is -0.507 e. The van der Waals surface area contributed by atoms with Gasteiger partial charge < -0.3 is 24.4 Å². The second-order valence-electron chi connectivity index (χ2n) is 10.6. The highest BCUT2D eigenvalue weighted by molar-refractivity contribution is 6.16. The molecular weight excluding hydrogens is 520 g/mol. The van der Waals surface area contributed by atoms with Gasteiger partial charge in [-0.25, -0.2) is 0 Å². The number of ketones is 2. The molecule has 1 aliphatic rings. The van der Waals surface area contributed by atoms with Gasteiger partial charge in [0.1, 0.15) is 23.0 Å². The maximum absolute atomic E-state index is 14.8. The molecule has 0 saturated carbocycles. The maximum Gasteiger partial charge on any atom is 0.236 e. The summed E-state index contributed by atoms with van der Waals surface area (Å²) in [7, 11) is 0. The Hall–Kier alpha value is -4.62. The molecule has 4 aromatic rings. The third-order valence-corrected chi connectivity index (χ3v) is 6.95. The number of aliphatic hydroxyl groups is 1. The Labute approximate surface area is 238 Å². The van der Waals surface area contributed by atoms with E-state index in [-0.39, 0.29) is 46.0 Å². The zero-order valence-electron chi connectivity index (χ0n) is 23.3. The van der Waals surface area contributed by atoms with Crippen LogP contribution in [0.25, 0.3) is 0 Å². The molecule has 7 heteroatoms. The summed E-state index contributed by atoms with van der Waals surface area (Å²) in [5.41, 5.74) is -4.50. The summed E-state index contributed by atoms with van der Waals surface area (Å²) in [4.78, 5) is 29.3. The standard InChI is InChI=1S/C34H32O7/c1-21(2)39-25-15-17-27(29(35)19-25)32(37)34(24-13-9-6-10-14-24)33(38,23-11-7-5-8-12-23)31(36)28-18-16-26(40-22(3)4)20-30(28)41-34/h5-22,35,38H,1-4H3. The molecule has 0 aliphatic carbocycles. The van der Waals surface area contributed by atoms with Crippen LogP contribution in [0.15, 0.2) is 97.1 Å². The van der Waals surface area contributed by atoms with Gasteiger partial charge in [-0.1, -0.05) is 60.7 Å². The third-order valence-electron chi connectivity index (χ3n) is 6.95. The van der Waals surface area contributed by atoms with Crippen LogP contribution in [0.3, 0.4) is 0 Å². The quantitative estimate of drug-likeness (QED) is 0.251. The molecule has 210 valence electrons. The van der Waals surface area contributed by atoms with Gasteiger partial charge in [-0.2, -0.15) is 0 Å². The lowest BCUT2D eigenvalue weighted by Crippen LogP contribution is -2.64. The molecule has 0 saturated heterocycles. The van der Waals surface area contributed by atoms with Crippen molar-refractivity contribution in [2.45, 2.75) is 51.1 Å². The van der Waals surface area contributed by atoms with Crippen molar-refractivity contribution >= 4 is 11.6 Å². The number of fused-ring (bicyclic) bond motifs is 1. The van der Waals surface area contributed by atoms with Crippen LogP contribution in [-0.2, 0) is 11.2 Å². The van der Waals surface area contributed by atoms with Crippen molar-refractivity contribution in [1.29, 1.82) is 0 Å². The Bertz CT molecular complexity index is 1580. The molecule has 1 heterocycles. The van der Waals surface area contributed by atoms with Crippen LogP contribution in [0.5, 0.6) is 23.0 Å². The summed E-state index contributed by atoms with van der Waals surface area (Å²) in [6, 6.07) is 25.6. The summed E-state index contributed by atoms with van der Waals surface area (Å²) in [6.45, 7) is 7.42. The molecule has 2 N–H and O–H groups in total. The normalized spacial score (nSPS) is 19.9. The van der Waals surface area contributed by atoms with Crippen molar-refractivity contribution in [3.05, 3.63) is 119 Å². The van der Waals surface area contributed by atoms with Crippen LogP contribution >= 0.6 is 0 Å². The molecule has 0 fully saturated rings. The van der Waals surface area contributed by atoms with E-state index < -0.39 is 22.8 Å². The van der Waals surface area contributed by atoms with Crippen LogP contribution in [0.1, 0.15) is 59.5 Å². The van der Waals surface area contributed by atoms with Gasteiger partial charge in [-0.3, -0.25) is 9.59 Å². The van der Waals surface area contributed by atoms with Crippen molar-refractivity contribution in [1.82, 2.24) is 0 Å². The number of rotatable bonds is 8. The van der Waals surface area contributed by atoms with Gasteiger partial charge in [-0.15, -0.1) is 0 Å². The van der Waals surface area contributed by atoms with E-state index in [1.165, 1.54) is 18.2 Å². The first-order chi connectivity index (χ1) is 19.6. The highest BCUT2D eigenvalue weighted by Crippen LogP contribution is 2.53. The molecule has 2 atom stereocenters. The van der Waals surface area contributed by atoms with Gasteiger partial charge in [0.25, 0.3) is 0 Å². The molecule has 0 spiro atoms. The monoisotopic (exact) mass is 552 g/mol. The van der Waals surface area contributed by atoms with Gasteiger partial charge in [-0.05, 0) is 57.5 Å². The first-order valence-electron chi connectivity index (χ1n) is 13.5. The summed E-state index contributed by atoms with van der Waals surface area (Å²) in [5.74, 6) is -1.04. The molecule has 5 rings (SSSR count). The summed E-state index contributed by atoms with van der Waals surface area (Å²) in [5, 5.41) is 23.8. The number of phenolic OH excluding ortho intramolecular Hbond substituents is 1. The Morgan fingerprint density at radius 1 is 0.756 bits per heavy atom. The Morgan fingerprint density at radius 3 is 1.85 bits per heavy atom. The number of hydrogen-bond donors (Lipinski definition) is 2. The molecule has 4 aromatic carbocycles. The zero-order valence-corrected chi connectivity index (χ0v) is 23.3. The number of Topliss-reactive ketones (excluding diaryl/α,β-unsaturated/α-hetero) is 2. The number of carbonyl (C=O) groups excluding carboxylic acids is 2. The minimum atomic E-state index is -2.51. The van der Waals surface area contributed by atoms with E-state index in [9.17, 15) is 19.8 Å². The minimum absolute atomic E-state index is 0.0743. The Morgan fingerprint density at radius 2 is 1.29 bits per heavy atom. The predicted molar refractivity (Wildman–Crippen MR) is 154 cm³/mol. The van der Waals surface area contributed by atoms with E-state index in [1.807, 2.05) is 27.7 Å². The van der Waals surface area contributed by atoms with Gasteiger partial charge in [0, 0.05) is 17.7 Å². The molecule has 0 aromatic heterocycles. The SMILES string of the molecule is CC(C)Oc1ccc(C(=O)C2(c3ccccc3)Oc3cc(OC(C)C)ccc3C(=O)C2(O)c2ccccc2)c(O)c1. The smallest absolute Gasteiger partial charge is 0.236 e. The number of phenols is 1. The molecule has 0 bridgehead atoms. The number of benzene rings is 4. The zero-order chi connectivity index (χ0) is 29.4. The third kappa shape index (κ3) is 4.72. The average molecular weight is 553 g/mol. The second-order valence-corrected chi connectivity index (χ2v) is 10.6. The number of aromatic hydroxyl groups is 1. The first-order valence-corrected chi connectivity index (χ1v) is 13.5. The Kier molecular flexibility index (Phi) is 7.32. The molecule has 1 aliphatic heterocycles. The van der Waals surface area contributed by atoms with Crippen molar-refractivity contribution in [3.63, 3.8) is 0 Å². The molecular formula is C34H32O7. The number of hydrogen-bond acceptors (Lipinski definition) is 7. The maximum atomic E-state index is 14.8. The van der Waals surface area contributed by atoms with Crippen molar-refractivity contribution in [2.75, 3.05) is 0 Å². The van der Waals surface area contributed by atoms with Gasteiger partial charge >= 0.3 is 0 Å². The van der Waals surface area contributed by atoms with Crippen LogP contribution in [-0.4, -0.2) is 34.0 Å². The van der Waals surface area contributed by atoms with E-state index in [2.05, 4.69) is 0 Å². The highest BCUT2D eigenvalue weighted by Gasteiger charge is 2.67. The summed E-state index contributed by atoms with van der Waals surface area (Å²) >= 11 is 0. The second kappa shape index (κ2) is 10.7. The van der Waals surface area contributed by atoms with E-state index in [0.29, 0.717) is 11.5 Å². The van der Waals surface area contributed by atoms with Crippen LogP contribution in [0.2, 0.25) is 0 Å². The van der Waals surface area contributed by atoms with E-state index in [4.69, 9.17) is 14.2 Å². The molecule has 0 amide bonds. The largest absolute Gasteiger partial charge is 0.507 e. The van der Waals surface area contributed by atoms with Gasteiger partial charge in [0.15, 0.2) is 0 Å². The lowest BCUT2D eigenvalue weighted by Gasteiger charge is -2.48. The number of carbonyl (C=O) groups is 2. The average Bonchev–Trinajstić information content (AvgIpc) is 2.95. The van der Waals surface area contributed by atoms with Crippen molar-refractivity contribution < 1.29 is 34.0 Å². The fourth-order valence-electron chi connectivity index (χ4n) is 5.25. The summed E-state index contributed by atoms with van der Waals surface area (Å²) < 4.78 is 18.1. The number of ether oxygens (including phenoxy) is 3. The van der Waals surface area contributed by atoms with Crippen LogP contribution in [0.4, 0.5) is 0 Å². The van der Waals surface area contributed by atoms with Crippen molar-refractivity contribution in [2.24, 2.45) is 0 Å². The fourth-order valence-corrected chi connectivity index (χ4v) is 5.25. The first kappa shape index (κ1) is 27.9. The topological polar surface area (TPSA) is 102 Å². The molecule has 2 unspecified atom stereocenters.